The van der Waals surface area contributed by atoms with Gasteiger partial charge in [0.05, 0.1) is 37.9 Å². The number of nitrogens with one attached hydrogen (secondary N) is 1. The Bertz CT molecular complexity index is 525. The highest BCUT2D eigenvalue weighted by Gasteiger charge is 2.41. The summed E-state index contributed by atoms with van der Waals surface area (Å²) in [7, 11) is 0. The molecule has 0 aromatic heterocycles. The van der Waals surface area contributed by atoms with E-state index in [1.807, 2.05) is 11.8 Å². The molecule has 0 aliphatic carbocycles. The van der Waals surface area contributed by atoms with E-state index in [1.54, 1.807) is 0 Å². The lowest BCUT2D eigenvalue weighted by molar-refractivity contribution is -0.173. The van der Waals surface area contributed by atoms with Crippen LogP contribution in [0.15, 0.2) is 0 Å². The van der Waals surface area contributed by atoms with Crippen LogP contribution < -0.4 is 5.32 Å². The minimum Gasteiger partial charge on any atom is -0.389 e. The molecule has 8 heteroatoms. The molecule has 8 nitrogen and oxygen atoms in total. The summed E-state index contributed by atoms with van der Waals surface area (Å²) >= 11 is 0. The lowest BCUT2D eigenvalue weighted by Gasteiger charge is -2.45. The molecule has 0 unspecified atom stereocenters. The number of hydrogen-bond donors (Lipinski definition) is 2. The molecule has 2 N–H and O–H groups in total. The normalized spacial score (nSPS) is 32.1. The van der Waals surface area contributed by atoms with Crippen molar-refractivity contribution in [1.29, 1.82) is 0 Å². The van der Waals surface area contributed by atoms with E-state index < -0.39 is 6.10 Å². The van der Waals surface area contributed by atoms with Crippen LogP contribution in [-0.2, 0) is 23.8 Å². The maximum absolute atomic E-state index is 13.2. The van der Waals surface area contributed by atoms with Crippen molar-refractivity contribution < 1.29 is 28.9 Å². The topological polar surface area (TPSA) is 97.3 Å². The van der Waals surface area contributed by atoms with E-state index in [1.165, 1.54) is 0 Å². The van der Waals surface area contributed by atoms with Gasteiger partial charge in [0.1, 0.15) is 6.10 Å². The van der Waals surface area contributed by atoms with Crippen molar-refractivity contribution in [2.75, 3.05) is 39.5 Å². The van der Waals surface area contributed by atoms with E-state index in [-0.39, 0.29) is 49.1 Å². The largest absolute Gasteiger partial charge is 0.389 e. The number of nitrogens with zero attached hydrogens (tertiary/aromatic N) is 1. The first-order valence-electron chi connectivity index (χ1n) is 10.6. The molecule has 3 fully saturated rings. The Labute approximate surface area is 166 Å². The second-order valence-electron chi connectivity index (χ2n) is 8.06. The predicted molar refractivity (Wildman–Crippen MR) is 102 cm³/mol. The molecule has 0 aromatic carbocycles. The van der Waals surface area contributed by atoms with Gasteiger partial charge in [-0.3, -0.25) is 9.59 Å². The van der Waals surface area contributed by atoms with E-state index in [2.05, 4.69) is 5.32 Å². The maximum Gasteiger partial charge on any atom is 0.226 e. The number of carbonyl (C=O) groups is 2. The lowest BCUT2D eigenvalue weighted by atomic mass is 9.91. The van der Waals surface area contributed by atoms with Gasteiger partial charge >= 0.3 is 0 Å². The van der Waals surface area contributed by atoms with E-state index >= 15 is 0 Å². The third kappa shape index (κ3) is 5.65. The lowest BCUT2D eigenvalue weighted by Crippen LogP contribution is -2.58. The molecule has 3 rings (SSSR count). The van der Waals surface area contributed by atoms with Gasteiger partial charge in [-0.15, -0.1) is 0 Å². The molecule has 3 aliphatic heterocycles. The highest BCUT2D eigenvalue weighted by Crippen LogP contribution is 2.30. The quantitative estimate of drug-likeness (QED) is 0.699. The summed E-state index contributed by atoms with van der Waals surface area (Å²) in [6.07, 6.45) is 3.03. The summed E-state index contributed by atoms with van der Waals surface area (Å²) in [6, 6.07) is -0.125. The Morgan fingerprint density at radius 2 is 1.89 bits per heavy atom. The molecule has 3 heterocycles. The summed E-state index contributed by atoms with van der Waals surface area (Å²) in [5.41, 5.74) is 0. The van der Waals surface area contributed by atoms with Crippen molar-refractivity contribution in [3.8, 4) is 0 Å². The molecule has 2 amide bonds. The molecule has 28 heavy (non-hydrogen) atoms. The first-order chi connectivity index (χ1) is 13.6. The number of ether oxygens (including phenoxy) is 3. The summed E-state index contributed by atoms with van der Waals surface area (Å²) in [6.45, 7) is 4.68. The van der Waals surface area contributed by atoms with Crippen LogP contribution in [0.2, 0.25) is 0 Å². The third-order valence-corrected chi connectivity index (χ3v) is 5.82. The molecule has 0 bridgehead atoms. The van der Waals surface area contributed by atoms with Crippen molar-refractivity contribution in [2.24, 2.45) is 5.92 Å². The zero-order valence-corrected chi connectivity index (χ0v) is 16.8. The third-order valence-electron chi connectivity index (χ3n) is 5.82. The van der Waals surface area contributed by atoms with Crippen molar-refractivity contribution in [3.63, 3.8) is 0 Å². The number of aliphatic hydroxyl groups is 1. The van der Waals surface area contributed by atoms with Crippen molar-refractivity contribution in [1.82, 2.24) is 10.2 Å². The van der Waals surface area contributed by atoms with Crippen LogP contribution in [-0.4, -0.2) is 85.7 Å². The van der Waals surface area contributed by atoms with Crippen LogP contribution >= 0.6 is 0 Å². The number of β-amino-alcohol motifs (C(OH)–C–C–N with tert-alkyl or cyclic N) is 1. The Morgan fingerprint density at radius 1 is 1.11 bits per heavy atom. The highest BCUT2D eigenvalue weighted by molar-refractivity contribution is 5.79. The molecule has 0 spiro atoms. The first-order valence-corrected chi connectivity index (χ1v) is 10.6. The zero-order valence-electron chi connectivity index (χ0n) is 16.8. The Hall–Kier alpha value is -1.22. The van der Waals surface area contributed by atoms with Crippen molar-refractivity contribution >= 4 is 11.8 Å². The summed E-state index contributed by atoms with van der Waals surface area (Å²) in [5, 5.41) is 13.1. The molecule has 4 atom stereocenters. The van der Waals surface area contributed by atoms with Crippen LogP contribution in [0.3, 0.4) is 0 Å². The number of fused-ring (bicyclic) bond motifs is 1. The number of aliphatic hydroxyl groups excluding tert-OH is 1. The van der Waals surface area contributed by atoms with Gasteiger partial charge in [-0.05, 0) is 32.1 Å². The van der Waals surface area contributed by atoms with Gasteiger partial charge in [-0.25, -0.2) is 0 Å². The number of amides is 2. The fraction of sp³-hybridized carbons (Fsp3) is 0.900. The van der Waals surface area contributed by atoms with E-state index in [9.17, 15) is 14.7 Å². The van der Waals surface area contributed by atoms with Gasteiger partial charge in [0, 0.05) is 32.2 Å². The Balaban J connectivity index is 1.64. The molecule has 3 aliphatic rings. The Morgan fingerprint density at radius 3 is 2.64 bits per heavy atom. The van der Waals surface area contributed by atoms with E-state index in [4.69, 9.17) is 14.2 Å². The fourth-order valence-electron chi connectivity index (χ4n) is 4.32. The SMILES string of the molecule is CCCNC(=O)C[C@@H]1CC[C@H]2[C@@H](COC[C@H](O)CN2C(=O)C2CCOCC2)O1. The average molecular weight is 399 g/mol. The van der Waals surface area contributed by atoms with Gasteiger partial charge in [-0.1, -0.05) is 6.92 Å². The summed E-state index contributed by atoms with van der Waals surface area (Å²) in [5.74, 6) is 0.0316. The van der Waals surface area contributed by atoms with Crippen LogP contribution in [0.25, 0.3) is 0 Å². The molecule has 0 radical (unpaired) electrons. The predicted octanol–water partition coefficient (Wildman–Crippen LogP) is 0.465. The molecule has 0 aromatic rings. The molecule has 3 saturated heterocycles. The van der Waals surface area contributed by atoms with Gasteiger partial charge in [0.2, 0.25) is 11.8 Å². The number of carbonyl (C=O) groups excluding carboxylic acids is 2. The van der Waals surface area contributed by atoms with Crippen LogP contribution in [0.1, 0.15) is 45.4 Å². The maximum atomic E-state index is 13.2. The second kappa shape index (κ2) is 10.5. The molecule has 160 valence electrons. The average Bonchev–Trinajstić information content (AvgIpc) is 2.70. The summed E-state index contributed by atoms with van der Waals surface area (Å²) < 4.78 is 17.2. The van der Waals surface area contributed by atoms with Crippen molar-refractivity contribution in [2.45, 2.75) is 69.8 Å². The van der Waals surface area contributed by atoms with Crippen LogP contribution in [0.4, 0.5) is 0 Å². The van der Waals surface area contributed by atoms with Crippen LogP contribution in [0.5, 0.6) is 0 Å². The van der Waals surface area contributed by atoms with Gasteiger partial charge in [-0.2, -0.15) is 0 Å². The van der Waals surface area contributed by atoms with E-state index in [0.717, 1.165) is 25.7 Å². The van der Waals surface area contributed by atoms with Gasteiger partial charge in [0.15, 0.2) is 0 Å². The van der Waals surface area contributed by atoms with Crippen LogP contribution in [0, 0.1) is 5.92 Å². The van der Waals surface area contributed by atoms with Crippen molar-refractivity contribution in [3.05, 3.63) is 0 Å². The Kier molecular flexibility index (Phi) is 8.08. The first kappa shape index (κ1) is 21.5. The van der Waals surface area contributed by atoms with E-state index in [0.29, 0.717) is 39.2 Å². The standard InChI is InChI=1S/C20H34N2O6/c1-2-7-21-19(24)10-16-3-4-17-18(28-16)13-27-12-15(23)11-22(17)20(25)14-5-8-26-9-6-14/h14-18,23H,2-13H2,1H3,(H,21,24)/t15-,16+,17+,18-/m1/s1. The van der Waals surface area contributed by atoms with Gasteiger partial charge < -0.3 is 29.5 Å². The summed E-state index contributed by atoms with van der Waals surface area (Å²) in [4.78, 5) is 27.1. The minimum atomic E-state index is -0.692. The monoisotopic (exact) mass is 398 g/mol. The molecular formula is C20H34N2O6. The number of hydrogen-bond acceptors (Lipinski definition) is 6. The molecule has 0 saturated carbocycles. The minimum absolute atomic E-state index is 0.00243. The smallest absolute Gasteiger partial charge is 0.226 e. The molecular weight excluding hydrogens is 364 g/mol. The van der Waals surface area contributed by atoms with Gasteiger partial charge in [0.25, 0.3) is 0 Å². The zero-order chi connectivity index (χ0) is 19.9. The number of rotatable bonds is 5. The fourth-order valence-corrected chi connectivity index (χ4v) is 4.32. The second-order valence-corrected chi connectivity index (χ2v) is 8.06. The highest BCUT2D eigenvalue weighted by atomic mass is 16.5.